The van der Waals surface area contributed by atoms with Gasteiger partial charge in [-0.15, -0.1) is 0 Å². The van der Waals surface area contributed by atoms with Gasteiger partial charge in [0.05, 0.1) is 19.8 Å². The highest BCUT2D eigenvalue weighted by Crippen LogP contribution is 2.30. The Morgan fingerprint density at radius 2 is 2.00 bits per heavy atom. The summed E-state index contributed by atoms with van der Waals surface area (Å²) in [5.74, 6) is 1.58. The van der Waals surface area contributed by atoms with E-state index in [9.17, 15) is 0 Å². The van der Waals surface area contributed by atoms with Crippen LogP contribution in [0.1, 0.15) is 12.0 Å². The molecule has 15 heavy (non-hydrogen) atoms. The Balaban J connectivity index is 2.23. The highest BCUT2D eigenvalue weighted by molar-refractivity contribution is 5.56. The lowest BCUT2D eigenvalue weighted by atomic mass is 10.2. The predicted octanol–water partition coefficient (Wildman–Crippen LogP) is 1.85. The van der Waals surface area contributed by atoms with Gasteiger partial charge in [0.1, 0.15) is 0 Å². The number of aliphatic hydroxyl groups is 1. The summed E-state index contributed by atoms with van der Waals surface area (Å²) in [6.45, 7) is 1.45. The second kappa shape index (κ2) is 4.84. The fourth-order valence-corrected chi connectivity index (χ4v) is 1.47. The summed E-state index contributed by atoms with van der Waals surface area (Å²) in [4.78, 5) is 0. The molecule has 1 N–H and O–H groups in total. The van der Waals surface area contributed by atoms with Gasteiger partial charge in [0.15, 0.2) is 11.5 Å². The molecule has 3 heteroatoms. The molecule has 0 spiro atoms. The molecule has 0 radical (unpaired) electrons. The van der Waals surface area contributed by atoms with Gasteiger partial charge in [-0.05, 0) is 17.7 Å². The third-order valence-electron chi connectivity index (χ3n) is 2.19. The van der Waals surface area contributed by atoms with Gasteiger partial charge in [-0.1, -0.05) is 18.2 Å². The lowest BCUT2D eigenvalue weighted by molar-refractivity contribution is 0.297. The fourth-order valence-electron chi connectivity index (χ4n) is 1.47. The maximum Gasteiger partial charge on any atom is 0.161 e. The number of aliphatic hydroxyl groups excluding tert-OH is 1. The molecular weight excluding hydrogens is 192 g/mol. The molecule has 0 amide bonds. The van der Waals surface area contributed by atoms with Crippen molar-refractivity contribution in [2.75, 3.05) is 19.8 Å². The quantitative estimate of drug-likeness (QED) is 0.802. The van der Waals surface area contributed by atoms with Gasteiger partial charge in [0, 0.05) is 6.42 Å². The summed E-state index contributed by atoms with van der Waals surface area (Å²) in [5.41, 5.74) is 1.01. The van der Waals surface area contributed by atoms with Gasteiger partial charge in [-0.25, -0.2) is 0 Å². The zero-order valence-corrected chi connectivity index (χ0v) is 8.48. The maximum atomic E-state index is 8.67. The Morgan fingerprint density at radius 3 is 2.80 bits per heavy atom. The van der Waals surface area contributed by atoms with Crippen LogP contribution in [-0.4, -0.2) is 24.9 Å². The zero-order valence-electron chi connectivity index (χ0n) is 8.48. The lowest BCUT2D eigenvalue weighted by Crippen LogP contribution is -1.97. The van der Waals surface area contributed by atoms with Gasteiger partial charge in [0.2, 0.25) is 0 Å². The second-order valence-corrected chi connectivity index (χ2v) is 3.34. The first kappa shape index (κ1) is 10.1. The molecule has 1 aromatic rings. The SMILES string of the molecule is OCC=Cc1ccc2c(c1)OCCCO2. The van der Waals surface area contributed by atoms with E-state index in [0.29, 0.717) is 13.2 Å². The van der Waals surface area contributed by atoms with E-state index in [1.807, 2.05) is 24.3 Å². The van der Waals surface area contributed by atoms with Crippen LogP contribution < -0.4 is 9.47 Å². The molecule has 0 fully saturated rings. The molecule has 0 saturated carbocycles. The van der Waals surface area contributed by atoms with Gasteiger partial charge >= 0.3 is 0 Å². The van der Waals surface area contributed by atoms with Crippen LogP contribution in [0.25, 0.3) is 6.08 Å². The molecule has 0 aliphatic carbocycles. The molecule has 1 aliphatic rings. The third-order valence-corrected chi connectivity index (χ3v) is 2.19. The van der Waals surface area contributed by atoms with E-state index in [1.165, 1.54) is 0 Å². The average molecular weight is 206 g/mol. The number of rotatable bonds is 2. The predicted molar refractivity (Wildman–Crippen MR) is 58.2 cm³/mol. The highest BCUT2D eigenvalue weighted by atomic mass is 16.5. The molecule has 0 aromatic heterocycles. The minimum atomic E-state index is 0.0500. The average Bonchev–Trinajstić information content (AvgIpc) is 2.50. The standard InChI is InChI=1S/C12H14O3/c13-6-1-3-10-4-5-11-12(9-10)15-8-2-7-14-11/h1,3-5,9,13H,2,6-8H2. The first-order valence-electron chi connectivity index (χ1n) is 5.07. The number of hydrogen-bond acceptors (Lipinski definition) is 3. The summed E-state index contributed by atoms with van der Waals surface area (Å²) >= 11 is 0. The van der Waals surface area contributed by atoms with Crippen molar-refractivity contribution in [1.82, 2.24) is 0 Å². The Morgan fingerprint density at radius 1 is 1.20 bits per heavy atom. The number of benzene rings is 1. The van der Waals surface area contributed by atoms with Crippen molar-refractivity contribution in [3.63, 3.8) is 0 Å². The van der Waals surface area contributed by atoms with Crippen LogP contribution in [0, 0.1) is 0 Å². The summed E-state index contributed by atoms with van der Waals surface area (Å²) in [6.07, 6.45) is 4.46. The van der Waals surface area contributed by atoms with E-state index in [2.05, 4.69) is 0 Å². The Labute approximate surface area is 88.9 Å². The highest BCUT2D eigenvalue weighted by Gasteiger charge is 2.09. The summed E-state index contributed by atoms with van der Waals surface area (Å²) in [5, 5.41) is 8.67. The van der Waals surface area contributed by atoms with Crippen molar-refractivity contribution >= 4 is 6.08 Å². The summed E-state index contributed by atoms with van der Waals surface area (Å²) in [7, 11) is 0. The molecule has 0 saturated heterocycles. The lowest BCUT2D eigenvalue weighted by Gasteiger charge is -2.07. The van der Waals surface area contributed by atoms with E-state index < -0.39 is 0 Å². The van der Waals surface area contributed by atoms with Gasteiger partial charge in [-0.3, -0.25) is 0 Å². The Kier molecular flexibility index (Phi) is 3.25. The molecule has 1 aromatic carbocycles. The van der Waals surface area contributed by atoms with E-state index >= 15 is 0 Å². The molecule has 0 unspecified atom stereocenters. The smallest absolute Gasteiger partial charge is 0.161 e. The van der Waals surface area contributed by atoms with Crippen molar-refractivity contribution in [3.05, 3.63) is 29.8 Å². The number of hydrogen-bond donors (Lipinski definition) is 1. The number of fused-ring (bicyclic) bond motifs is 1. The Hall–Kier alpha value is -1.48. The van der Waals surface area contributed by atoms with Crippen molar-refractivity contribution in [1.29, 1.82) is 0 Å². The topological polar surface area (TPSA) is 38.7 Å². The first-order chi connectivity index (χ1) is 7.40. The minimum absolute atomic E-state index is 0.0500. The minimum Gasteiger partial charge on any atom is -0.490 e. The van der Waals surface area contributed by atoms with Crippen molar-refractivity contribution in [2.24, 2.45) is 0 Å². The fraction of sp³-hybridized carbons (Fsp3) is 0.333. The van der Waals surface area contributed by atoms with Gasteiger partial charge in [0.25, 0.3) is 0 Å². The first-order valence-corrected chi connectivity index (χ1v) is 5.07. The summed E-state index contributed by atoms with van der Waals surface area (Å²) in [6, 6.07) is 5.77. The van der Waals surface area contributed by atoms with Crippen LogP contribution in [0.3, 0.4) is 0 Å². The van der Waals surface area contributed by atoms with Crippen molar-refractivity contribution < 1.29 is 14.6 Å². The molecule has 1 aliphatic heterocycles. The largest absolute Gasteiger partial charge is 0.490 e. The Bertz CT molecular complexity index is 358. The van der Waals surface area contributed by atoms with Crippen LogP contribution in [0.4, 0.5) is 0 Å². The third kappa shape index (κ3) is 2.50. The van der Waals surface area contributed by atoms with Crippen molar-refractivity contribution in [2.45, 2.75) is 6.42 Å². The molecule has 2 rings (SSSR count). The maximum absolute atomic E-state index is 8.67. The second-order valence-electron chi connectivity index (χ2n) is 3.34. The zero-order chi connectivity index (χ0) is 10.5. The summed E-state index contributed by atoms with van der Waals surface area (Å²) < 4.78 is 11.1. The normalized spacial score (nSPS) is 15.3. The molecule has 3 nitrogen and oxygen atoms in total. The van der Waals surface area contributed by atoms with Crippen molar-refractivity contribution in [3.8, 4) is 11.5 Å². The van der Waals surface area contributed by atoms with E-state index in [0.717, 1.165) is 23.5 Å². The monoisotopic (exact) mass is 206 g/mol. The molecule has 0 atom stereocenters. The van der Waals surface area contributed by atoms with Gasteiger partial charge in [-0.2, -0.15) is 0 Å². The van der Waals surface area contributed by atoms with Crippen LogP contribution in [-0.2, 0) is 0 Å². The van der Waals surface area contributed by atoms with Crippen LogP contribution in [0.5, 0.6) is 11.5 Å². The molecular formula is C12H14O3. The van der Waals surface area contributed by atoms with E-state index in [-0.39, 0.29) is 6.61 Å². The van der Waals surface area contributed by atoms with Crippen LogP contribution >= 0.6 is 0 Å². The van der Waals surface area contributed by atoms with Crippen LogP contribution in [0.15, 0.2) is 24.3 Å². The molecule has 80 valence electrons. The van der Waals surface area contributed by atoms with Crippen LogP contribution in [0.2, 0.25) is 0 Å². The van der Waals surface area contributed by atoms with E-state index in [1.54, 1.807) is 6.08 Å². The van der Waals surface area contributed by atoms with E-state index in [4.69, 9.17) is 14.6 Å². The molecule has 1 heterocycles. The number of ether oxygens (including phenoxy) is 2. The van der Waals surface area contributed by atoms with Gasteiger partial charge < -0.3 is 14.6 Å². The molecule has 0 bridgehead atoms.